The Balaban J connectivity index is 1.44. The molecule has 0 unspecified atom stereocenters. The number of hydrogen-bond acceptors (Lipinski definition) is 6. The van der Waals surface area contributed by atoms with E-state index in [4.69, 9.17) is 9.26 Å². The first-order valence-electron chi connectivity index (χ1n) is 8.58. The Kier molecular flexibility index (Phi) is 6.47. The zero-order valence-electron chi connectivity index (χ0n) is 14.4. The van der Waals surface area contributed by atoms with Crippen molar-refractivity contribution >= 4 is 17.7 Å². The summed E-state index contributed by atoms with van der Waals surface area (Å²) in [6, 6.07) is 5.46. The third-order valence-electron chi connectivity index (χ3n) is 3.85. The maximum absolute atomic E-state index is 12.4. The van der Waals surface area contributed by atoms with Gasteiger partial charge in [0.15, 0.2) is 0 Å². The highest BCUT2D eigenvalue weighted by Crippen LogP contribution is 2.28. The van der Waals surface area contributed by atoms with Gasteiger partial charge in [-0.15, -0.1) is 0 Å². The fraction of sp³-hybridized carbons (Fsp3) is 0.500. The smallest absolute Gasteiger partial charge is 0.254 e. The van der Waals surface area contributed by atoms with E-state index in [1.54, 1.807) is 18.3 Å². The molecule has 1 aliphatic carbocycles. The molecule has 7 heteroatoms. The van der Waals surface area contributed by atoms with Crippen LogP contribution >= 0.6 is 11.8 Å². The van der Waals surface area contributed by atoms with Gasteiger partial charge < -0.3 is 14.6 Å². The molecule has 1 saturated carbocycles. The van der Waals surface area contributed by atoms with E-state index in [1.807, 2.05) is 13.0 Å². The highest BCUT2D eigenvalue weighted by atomic mass is 32.2. The van der Waals surface area contributed by atoms with Crippen LogP contribution in [0.4, 0.5) is 0 Å². The summed E-state index contributed by atoms with van der Waals surface area (Å²) in [6.45, 7) is 4.01. The van der Waals surface area contributed by atoms with E-state index >= 15 is 0 Å². The molecule has 0 bridgehead atoms. The van der Waals surface area contributed by atoms with E-state index in [9.17, 15) is 4.79 Å². The molecular weight excluding hydrogens is 338 g/mol. The molecule has 134 valence electrons. The van der Waals surface area contributed by atoms with Crippen LogP contribution in [-0.2, 0) is 10.5 Å². The van der Waals surface area contributed by atoms with E-state index < -0.39 is 0 Å². The van der Waals surface area contributed by atoms with E-state index in [0.717, 1.165) is 30.4 Å². The molecule has 2 heterocycles. The van der Waals surface area contributed by atoms with Gasteiger partial charge in [0.25, 0.3) is 5.91 Å². The molecule has 0 aliphatic heterocycles. The number of rotatable bonds is 10. The Hall–Kier alpha value is -1.86. The van der Waals surface area contributed by atoms with Crippen molar-refractivity contribution < 1.29 is 14.1 Å². The predicted octanol–water partition coefficient (Wildman–Crippen LogP) is 3.22. The molecule has 1 fully saturated rings. The van der Waals surface area contributed by atoms with Crippen molar-refractivity contribution in [2.75, 3.05) is 19.8 Å². The number of amides is 1. The van der Waals surface area contributed by atoms with Gasteiger partial charge in [0, 0.05) is 37.8 Å². The number of hydrogen-bond donors (Lipinski definition) is 1. The zero-order chi connectivity index (χ0) is 17.5. The van der Waals surface area contributed by atoms with E-state index in [2.05, 4.69) is 15.5 Å². The number of nitrogens with zero attached hydrogens (tertiary/aromatic N) is 2. The Bertz CT molecular complexity index is 700. The van der Waals surface area contributed by atoms with Crippen molar-refractivity contribution in [3.63, 3.8) is 0 Å². The number of nitrogens with one attached hydrogen (secondary N) is 1. The summed E-state index contributed by atoms with van der Waals surface area (Å²) in [7, 11) is 0. The summed E-state index contributed by atoms with van der Waals surface area (Å²) in [6.07, 6.45) is 5.11. The number of aromatic nitrogens is 2. The van der Waals surface area contributed by atoms with E-state index in [0.29, 0.717) is 29.5 Å². The topological polar surface area (TPSA) is 77.2 Å². The van der Waals surface area contributed by atoms with Gasteiger partial charge in [-0.1, -0.05) is 16.9 Å². The monoisotopic (exact) mass is 361 g/mol. The minimum Gasteiger partial charge on any atom is -0.381 e. The Morgan fingerprint density at radius 2 is 2.36 bits per heavy atom. The maximum Gasteiger partial charge on any atom is 0.254 e. The van der Waals surface area contributed by atoms with Gasteiger partial charge in [0.2, 0.25) is 0 Å². The van der Waals surface area contributed by atoms with Crippen LogP contribution in [-0.4, -0.2) is 35.8 Å². The summed E-state index contributed by atoms with van der Waals surface area (Å²) < 4.78 is 10.6. The van der Waals surface area contributed by atoms with Crippen molar-refractivity contribution in [1.82, 2.24) is 15.5 Å². The largest absolute Gasteiger partial charge is 0.381 e. The molecule has 0 atom stereocenters. The van der Waals surface area contributed by atoms with Crippen molar-refractivity contribution in [1.29, 1.82) is 0 Å². The van der Waals surface area contributed by atoms with Crippen LogP contribution < -0.4 is 5.32 Å². The molecule has 6 nitrogen and oxygen atoms in total. The van der Waals surface area contributed by atoms with Crippen molar-refractivity contribution in [2.45, 2.75) is 37.0 Å². The van der Waals surface area contributed by atoms with E-state index in [1.165, 1.54) is 24.6 Å². The van der Waals surface area contributed by atoms with Crippen LogP contribution in [0.15, 0.2) is 33.9 Å². The first-order valence-corrected chi connectivity index (χ1v) is 9.57. The van der Waals surface area contributed by atoms with Crippen molar-refractivity contribution in [3.05, 3.63) is 41.4 Å². The Morgan fingerprint density at radius 1 is 1.48 bits per heavy atom. The molecule has 2 aromatic heterocycles. The Morgan fingerprint density at radius 3 is 3.12 bits per heavy atom. The summed E-state index contributed by atoms with van der Waals surface area (Å²) in [5, 5.41) is 7.60. The maximum atomic E-state index is 12.4. The van der Waals surface area contributed by atoms with Gasteiger partial charge in [-0.3, -0.25) is 4.79 Å². The van der Waals surface area contributed by atoms with E-state index in [-0.39, 0.29) is 5.91 Å². The van der Waals surface area contributed by atoms with Gasteiger partial charge in [-0.2, -0.15) is 0 Å². The summed E-state index contributed by atoms with van der Waals surface area (Å²) in [5.74, 6) is 2.06. The molecular formula is C18H23N3O3S. The summed E-state index contributed by atoms with van der Waals surface area (Å²) in [5.41, 5.74) is 1.43. The fourth-order valence-electron chi connectivity index (χ4n) is 2.31. The van der Waals surface area contributed by atoms with Gasteiger partial charge in [-0.05, 0) is 44.2 Å². The predicted molar refractivity (Wildman–Crippen MR) is 95.5 cm³/mol. The van der Waals surface area contributed by atoms with Crippen LogP contribution in [0.1, 0.15) is 41.1 Å². The lowest BCUT2D eigenvalue weighted by molar-refractivity contribution is 0.0934. The second-order valence-corrected chi connectivity index (χ2v) is 7.17. The SMILES string of the molecule is Cc1cc(CSc2ncccc2C(=O)NCCCOCC2CC2)no1. The fourth-order valence-corrected chi connectivity index (χ4v) is 3.19. The average Bonchev–Trinajstić information content (AvgIpc) is 3.36. The van der Waals surface area contributed by atoms with Crippen LogP contribution in [0.2, 0.25) is 0 Å². The number of aryl methyl sites for hydroxylation is 1. The molecule has 25 heavy (non-hydrogen) atoms. The standard InChI is InChI=1S/C18H23N3O3S/c1-13-10-15(21-24-13)12-25-18-16(4-2-7-20-18)17(22)19-8-3-9-23-11-14-5-6-14/h2,4,7,10,14H,3,5-6,8-9,11-12H2,1H3,(H,19,22). The van der Waals surface area contributed by atoms with Gasteiger partial charge >= 0.3 is 0 Å². The van der Waals surface area contributed by atoms with Crippen LogP contribution in [0.3, 0.4) is 0 Å². The molecule has 1 amide bonds. The van der Waals surface area contributed by atoms with Crippen molar-refractivity contribution in [3.8, 4) is 0 Å². The van der Waals surface area contributed by atoms with Gasteiger partial charge in [-0.25, -0.2) is 4.98 Å². The molecule has 0 spiro atoms. The first kappa shape index (κ1) is 17.9. The highest BCUT2D eigenvalue weighted by Gasteiger charge is 2.20. The summed E-state index contributed by atoms with van der Waals surface area (Å²) >= 11 is 1.48. The zero-order valence-corrected chi connectivity index (χ0v) is 15.2. The molecule has 1 aliphatic rings. The lowest BCUT2D eigenvalue weighted by Gasteiger charge is -2.09. The third kappa shape index (κ3) is 5.86. The van der Waals surface area contributed by atoms with Crippen molar-refractivity contribution in [2.24, 2.45) is 5.92 Å². The molecule has 3 rings (SSSR count). The number of thioether (sulfide) groups is 1. The first-order chi connectivity index (χ1) is 12.2. The highest BCUT2D eigenvalue weighted by molar-refractivity contribution is 7.98. The number of pyridine rings is 1. The van der Waals surface area contributed by atoms with Crippen LogP contribution in [0.5, 0.6) is 0 Å². The quantitative estimate of drug-likeness (QED) is 0.517. The Labute approximate surface area is 151 Å². The minimum atomic E-state index is -0.103. The van der Waals surface area contributed by atoms with Gasteiger partial charge in [0.05, 0.1) is 11.3 Å². The summed E-state index contributed by atoms with van der Waals surface area (Å²) in [4.78, 5) is 16.7. The number of ether oxygens (including phenoxy) is 1. The van der Waals surface area contributed by atoms with Gasteiger partial charge in [0.1, 0.15) is 10.8 Å². The lowest BCUT2D eigenvalue weighted by Crippen LogP contribution is -2.26. The second kappa shape index (κ2) is 9.01. The minimum absolute atomic E-state index is 0.103. The number of carbonyl (C=O) groups is 1. The lowest BCUT2D eigenvalue weighted by atomic mass is 10.2. The molecule has 0 radical (unpaired) electrons. The average molecular weight is 361 g/mol. The van der Waals surface area contributed by atoms with Crippen LogP contribution in [0, 0.1) is 12.8 Å². The molecule has 0 aromatic carbocycles. The molecule has 1 N–H and O–H groups in total. The van der Waals surface area contributed by atoms with Crippen LogP contribution in [0.25, 0.3) is 0 Å². The normalized spacial score (nSPS) is 13.8. The third-order valence-corrected chi connectivity index (χ3v) is 4.89. The molecule has 2 aromatic rings. The molecule has 0 saturated heterocycles. The number of carbonyl (C=O) groups excluding carboxylic acids is 1. The second-order valence-electron chi connectivity index (χ2n) is 6.20.